The Balaban J connectivity index is 2.08. The maximum Gasteiger partial charge on any atom is 0.416 e. The first-order valence-corrected chi connectivity index (χ1v) is 6.97. The molecule has 0 bridgehead atoms. The monoisotopic (exact) mass is 332 g/mol. The number of fused-ring (bicyclic) bond motifs is 1. The lowest BCUT2D eigenvalue weighted by Crippen LogP contribution is -2.06. The summed E-state index contributed by atoms with van der Waals surface area (Å²) >= 11 is 0. The van der Waals surface area contributed by atoms with Crippen LogP contribution in [0.1, 0.15) is 5.56 Å². The molecule has 122 valence electrons. The third-order valence-electron chi connectivity index (χ3n) is 3.58. The average Bonchev–Trinajstić information content (AvgIpc) is 2.54. The van der Waals surface area contributed by atoms with Gasteiger partial charge in [0.1, 0.15) is 5.69 Å². The molecule has 4 nitrogen and oxygen atoms in total. The third-order valence-corrected chi connectivity index (χ3v) is 3.58. The Morgan fingerprint density at radius 3 is 2.33 bits per heavy atom. The lowest BCUT2D eigenvalue weighted by molar-refractivity contribution is -0.384. The number of hydrogen-bond acceptors (Lipinski definition) is 3. The van der Waals surface area contributed by atoms with Crippen molar-refractivity contribution in [2.75, 3.05) is 5.32 Å². The molecule has 0 saturated carbocycles. The number of benzene rings is 3. The molecule has 24 heavy (non-hydrogen) atoms. The summed E-state index contributed by atoms with van der Waals surface area (Å²) in [6.07, 6.45) is -4.64. The Kier molecular flexibility index (Phi) is 3.84. The third kappa shape index (κ3) is 3.01. The highest BCUT2D eigenvalue weighted by atomic mass is 19.4. The Hall–Kier alpha value is -3.09. The molecule has 0 atom stereocenters. The Morgan fingerprint density at radius 1 is 0.917 bits per heavy atom. The molecule has 0 aromatic heterocycles. The van der Waals surface area contributed by atoms with Crippen LogP contribution in [0.25, 0.3) is 10.8 Å². The highest BCUT2D eigenvalue weighted by Crippen LogP contribution is 2.37. The number of nitrogens with zero attached hydrogens (tertiary/aromatic N) is 1. The van der Waals surface area contributed by atoms with Gasteiger partial charge in [-0.3, -0.25) is 10.1 Å². The van der Waals surface area contributed by atoms with Crippen molar-refractivity contribution in [3.05, 3.63) is 76.3 Å². The predicted molar refractivity (Wildman–Crippen MR) is 85.3 cm³/mol. The molecule has 0 spiro atoms. The second-order valence-electron chi connectivity index (χ2n) is 5.14. The molecule has 0 aliphatic rings. The van der Waals surface area contributed by atoms with E-state index in [1.165, 1.54) is 0 Å². The minimum absolute atomic E-state index is 0.00403. The van der Waals surface area contributed by atoms with Gasteiger partial charge in [0.05, 0.1) is 10.5 Å². The molecule has 0 aliphatic carbocycles. The van der Waals surface area contributed by atoms with Crippen molar-refractivity contribution >= 4 is 27.8 Å². The number of rotatable bonds is 3. The van der Waals surface area contributed by atoms with Gasteiger partial charge in [0.25, 0.3) is 5.69 Å². The minimum atomic E-state index is -4.64. The van der Waals surface area contributed by atoms with E-state index in [2.05, 4.69) is 5.32 Å². The van der Waals surface area contributed by atoms with E-state index in [1.54, 1.807) is 12.1 Å². The maximum atomic E-state index is 12.8. The van der Waals surface area contributed by atoms with E-state index in [9.17, 15) is 23.3 Å². The number of nitro groups is 1. The van der Waals surface area contributed by atoms with Crippen LogP contribution in [-0.2, 0) is 6.18 Å². The summed E-state index contributed by atoms with van der Waals surface area (Å²) < 4.78 is 38.3. The molecule has 0 aliphatic heterocycles. The van der Waals surface area contributed by atoms with Gasteiger partial charge < -0.3 is 5.32 Å². The molecule has 0 radical (unpaired) electrons. The van der Waals surface area contributed by atoms with Crippen LogP contribution in [0.3, 0.4) is 0 Å². The van der Waals surface area contributed by atoms with Crippen LogP contribution in [0.5, 0.6) is 0 Å². The molecule has 7 heteroatoms. The molecule has 0 heterocycles. The van der Waals surface area contributed by atoms with Gasteiger partial charge in [-0.05, 0) is 23.6 Å². The first-order valence-electron chi connectivity index (χ1n) is 6.97. The zero-order valence-corrected chi connectivity index (χ0v) is 12.2. The van der Waals surface area contributed by atoms with Gasteiger partial charge in [-0.2, -0.15) is 13.2 Å². The van der Waals surface area contributed by atoms with Crippen LogP contribution < -0.4 is 5.32 Å². The molecular formula is C17H11F3N2O2. The van der Waals surface area contributed by atoms with E-state index < -0.39 is 22.4 Å². The summed E-state index contributed by atoms with van der Waals surface area (Å²) in [5, 5.41) is 15.7. The average molecular weight is 332 g/mol. The van der Waals surface area contributed by atoms with Gasteiger partial charge in [-0.25, -0.2) is 0 Å². The second-order valence-corrected chi connectivity index (χ2v) is 5.14. The highest BCUT2D eigenvalue weighted by Gasteiger charge is 2.33. The Bertz CT molecular complexity index is 918. The molecule has 3 rings (SSSR count). The van der Waals surface area contributed by atoms with Crippen molar-refractivity contribution in [2.45, 2.75) is 6.18 Å². The SMILES string of the molecule is O=[N+]([O-])c1cc(C(F)(F)F)ccc1Nc1cccc2ccccc12. The minimum Gasteiger partial charge on any atom is -0.349 e. The molecule has 0 unspecified atom stereocenters. The van der Waals surface area contributed by atoms with E-state index in [-0.39, 0.29) is 5.69 Å². The smallest absolute Gasteiger partial charge is 0.349 e. The Morgan fingerprint density at radius 2 is 1.62 bits per heavy atom. The maximum absolute atomic E-state index is 12.8. The van der Waals surface area contributed by atoms with E-state index >= 15 is 0 Å². The van der Waals surface area contributed by atoms with Gasteiger partial charge in [0.2, 0.25) is 0 Å². The summed E-state index contributed by atoms with van der Waals surface area (Å²) in [6, 6.07) is 15.2. The summed E-state index contributed by atoms with van der Waals surface area (Å²) in [6.45, 7) is 0. The second kappa shape index (κ2) is 5.84. The highest BCUT2D eigenvalue weighted by molar-refractivity contribution is 5.96. The molecule has 0 saturated heterocycles. The normalized spacial score (nSPS) is 11.5. The standard InChI is InChI=1S/C17H11F3N2O2/c18-17(19,20)12-8-9-15(16(10-12)22(23)24)21-14-7-3-5-11-4-1-2-6-13(11)14/h1-10,21H. The number of nitrogens with one attached hydrogen (secondary N) is 1. The van der Waals surface area contributed by atoms with Crippen molar-refractivity contribution in [2.24, 2.45) is 0 Å². The van der Waals surface area contributed by atoms with Crippen LogP contribution in [0.2, 0.25) is 0 Å². The summed E-state index contributed by atoms with van der Waals surface area (Å²) in [4.78, 5) is 10.3. The van der Waals surface area contributed by atoms with Crippen molar-refractivity contribution < 1.29 is 18.1 Å². The van der Waals surface area contributed by atoms with Gasteiger partial charge in [-0.15, -0.1) is 0 Å². The number of anilines is 2. The summed E-state index contributed by atoms with van der Waals surface area (Å²) in [5.41, 5.74) is -1.10. The number of hydrogen-bond donors (Lipinski definition) is 1. The lowest BCUT2D eigenvalue weighted by atomic mass is 10.1. The molecular weight excluding hydrogens is 321 g/mol. The summed E-state index contributed by atoms with van der Waals surface area (Å²) in [7, 11) is 0. The summed E-state index contributed by atoms with van der Waals surface area (Å²) in [5.74, 6) is 0. The molecule has 0 amide bonds. The molecule has 1 N–H and O–H groups in total. The number of alkyl halides is 3. The first-order chi connectivity index (χ1) is 11.4. The van der Waals surface area contributed by atoms with E-state index in [4.69, 9.17) is 0 Å². The first kappa shape index (κ1) is 15.8. The zero-order chi connectivity index (χ0) is 17.3. The number of nitro benzene ring substituents is 1. The van der Waals surface area contributed by atoms with Crippen LogP contribution >= 0.6 is 0 Å². The van der Waals surface area contributed by atoms with E-state index in [0.717, 1.165) is 22.9 Å². The van der Waals surface area contributed by atoms with Crippen molar-refractivity contribution in [3.8, 4) is 0 Å². The van der Waals surface area contributed by atoms with Crippen LogP contribution in [0.4, 0.5) is 30.2 Å². The van der Waals surface area contributed by atoms with Gasteiger partial charge >= 0.3 is 6.18 Å². The van der Waals surface area contributed by atoms with Crippen LogP contribution in [0, 0.1) is 10.1 Å². The zero-order valence-electron chi connectivity index (χ0n) is 12.2. The van der Waals surface area contributed by atoms with Crippen molar-refractivity contribution in [1.82, 2.24) is 0 Å². The van der Waals surface area contributed by atoms with Gasteiger partial charge in [-0.1, -0.05) is 36.4 Å². The van der Waals surface area contributed by atoms with Crippen LogP contribution in [-0.4, -0.2) is 4.92 Å². The van der Waals surface area contributed by atoms with E-state index in [1.807, 2.05) is 30.3 Å². The fourth-order valence-corrected chi connectivity index (χ4v) is 2.44. The fourth-order valence-electron chi connectivity index (χ4n) is 2.44. The quantitative estimate of drug-likeness (QED) is 0.508. The largest absolute Gasteiger partial charge is 0.416 e. The van der Waals surface area contributed by atoms with Crippen molar-refractivity contribution in [1.29, 1.82) is 0 Å². The van der Waals surface area contributed by atoms with Crippen molar-refractivity contribution in [3.63, 3.8) is 0 Å². The Labute approximate surface area is 134 Å². The lowest BCUT2D eigenvalue weighted by Gasteiger charge is -2.12. The molecule has 3 aromatic rings. The van der Waals surface area contributed by atoms with Gasteiger partial charge in [0, 0.05) is 17.1 Å². The fraction of sp³-hybridized carbons (Fsp3) is 0.0588. The van der Waals surface area contributed by atoms with Gasteiger partial charge in [0.15, 0.2) is 0 Å². The predicted octanol–water partition coefficient (Wildman–Crippen LogP) is 5.51. The van der Waals surface area contributed by atoms with E-state index in [0.29, 0.717) is 11.8 Å². The van der Waals surface area contributed by atoms with Crippen LogP contribution in [0.15, 0.2) is 60.7 Å². The molecule has 3 aromatic carbocycles. The topological polar surface area (TPSA) is 55.2 Å². The molecule has 0 fully saturated rings. The number of halogens is 3.